The second-order valence-electron chi connectivity index (χ2n) is 5.36. The van der Waals surface area contributed by atoms with E-state index in [1.165, 1.54) is 19.1 Å². The van der Waals surface area contributed by atoms with Gasteiger partial charge in [-0.15, -0.1) is 0 Å². The largest absolute Gasteiger partial charge is 0.458 e. The van der Waals surface area contributed by atoms with Gasteiger partial charge in [0.25, 0.3) is 5.91 Å². The van der Waals surface area contributed by atoms with E-state index >= 15 is 0 Å². The van der Waals surface area contributed by atoms with Crippen LogP contribution in [0, 0.1) is 5.82 Å². The van der Waals surface area contributed by atoms with Gasteiger partial charge in [0, 0.05) is 5.56 Å². The number of hydrogen-bond acceptors (Lipinski definition) is 3. The number of rotatable bonds is 3. The lowest BCUT2D eigenvalue weighted by atomic mass is 10.1. The molecule has 0 saturated heterocycles. The molecule has 4 nitrogen and oxygen atoms in total. The van der Waals surface area contributed by atoms with Crippen molar-refractivity contribution < 1.29 is 18.7 Å². The van der Waals surface area contributed by atoms with Crippen LogP contribution in [-0.4, -0.2) is 23.5 Å². The molecule has 110 valence electrons. The first kappa shape index (κ1) is 16.6. The van der Waals surface area contributed by atoms with Crippen LogP contribution >= 0.6 is 15.9 Å². The molecule has 20 heavy (non-hydrogen) atoms. The molecule has 0 aliphatic rings. The van der Waals surface area contributed by atoms with Crippen LogP contribution < -0.4 is 5.32 Å². The summed E-state index contributed by atoms with van der Waals surface area (Å²) in [6.45, 7) is 6.73. The van der Waals surface area contributed by atoms with Crippen molar-refractivity contribution in [3.63, 3.8) is 0 Å². The third kappa shape index (κ3) is 4.92. The Morgan fingerprint density at radius 1 is 1.35 bits per heavy atom. The number of amides is 1. The molecule has 0 saturated carbocycles. The van der Waals surface area contributed by atoms with Crippen molar-refractivity contribution in [1.29, 1.82) is 0 Å². The van der Waals surface area contributed by atoms with Crippen molar-refractivity contribution in [2.75, 3.05) is 0 Å². The normalized spacial score (nSPS) is 12.7. The predicted molar refractivity (Wildman–Crippen MR) is 76.9 cm³/mol. The molecule has 0 heterocycles. The van der Waals surface area contributed by atoms with Crippen LogP contribution in [0.1, 0.15) is 38.1 Å². The molecule has 0 aliphatic carbocycles. The highest BCUT2D eigenvalue weighted by Crippen LogP contribution is 2.16. The molecule has 6 heteroatoms. The second-order valence-corrected chi connectivity index (χ2v) is 6.21. The van der Waals surface area contributed by atoms with Gasteiger partial charge in [-0.3, -0.25) is 4.79 Å². The Morgan fingerprint density at radius 2 is 1.95 bits per heavy atom. The fraction of sp³-hybridized carbons (Fsp3) is 0.429. The van der Waals surface area contributed by atoms with Crippen LogP contribution in [0.3, 0.4) is 0 Å². The number of benzene rings is 1. The highest BCUT2D eigenvalue weighted by molar-refractivity contribution is 9.10. The monoisotopic (exact) mass is 345 g/mol. The van der Waals surface area contributed by atoms with E-state index in [9.17, 15) is 14.0 Å². The van der Waals surface area contributed by atoms with E-state index in [2.05, 4.69) is 21.2 Å². The molecule has 1 rings (SSSR count). The zero-order valence-electron chi connectivity index (χ0n) is 11.8. The molecule has 1 aromatic carbocycles. The van der Waals surface area contributed by atoms with Crippen LogP contribution in [0.2, 0.25) is 0 Å². The number of carbonyl (C=O) groups excluding carboxylic acids is 2. The molecular weight excluding hydrogens is 329 g/mol. The Kier molecular flexibility index (Phi) is 5.28. The van der Waals surface area contributed by atoms with E-state index in [0.29, 0.717) is 0 Å². The van der Waals surface area contributed by atoms with Gasteiger partial charge in [-0.1, -0.05) is 0 Å². The number of esters is 1. The topological polar surface area (TPSA) is 55.4 Å². The average Bonchev–Trinajstić information content (AvgIpc) is 2.30. The van der Waals surface area contributed by atoms with Gasteiger partial charge in [0.1, 0.15) is 17.5 Å². The van der Waals surface area contributed by atoms with E-state index in [1.54, 1.807) is 20.8 Å². The summed E-state index contributed by atoms with van der Waals surface area (Å²) < 4.78 is 18.8. The van der Waals surface area contributed by atoms with E-state index in [-0.39, 0.29) is 10.0 Å². The second kappa shape index (κ2) is 6.35. The molecule has 1 atom stereocenters. The summed E-state index contributed by atoms with van der Waals surface area (Å²) in [5.41, 5.74) is -0.485. The van der Waals surface area contributed by atoms with Crippen molar-refractivity contribution in [2.45, 2.75) is 39.3 Å². The molecular formula is C14H17BrFNO3. The molecule has 1 aromatic rings. The Hall–Kier alpha value is -1.43. The third-order valence-corrected chi connectivity index (χ3v) is 2.93. The van der Waals surface area contributed by atoms with Crippen molar-refractivity contribution >= 4 is 27.8 Å². The first-order valence-corrected chi connectivity index (χ1v) is 6.88. The van der Waals surface area contributed by atoms with Gasteiger partial charge in [-0.2, -0.15) is 0 Å². The highest BCUT2D eigenvalue weighted by atomic mass is 79.9. The van der Waals surface area contributed by atoms with E-state index in [1.807, 2.05) is 0 Å². The minimum atomic E-state index is -0.812. The van der Waals surface area contributed by atoms with Gasteiger partial charge >= 0.3 is 5.97 Å². The molecule has 1 N–H and O–H groups in total. The molecule has 0 spiro atoms. The third-order valence-electron chi connectivity index (χ3n) is 2.29. The molecule has 0 bridgehead atoms. The van der Waals surface area contributed by atoms with Gasteiger partial charge in [-0.05, 0) is 61.8 Å². The van der Waals surface area contributed by atoms with Crippen LogP contribution in [0.15, 0.2) is 22.7 Å². The number of halogens is 2. The number of hydrogen-bond donors (Lipinski definition) is 1. The molecule has 0 radical (unpaired) electrons. The zero-order chi connectivity index (χ0) is 15.5. The minimum Gasteiger partial charge on any atom is -0.458 e. The molecule has 0 fully saturated rings. The lowest BCUT2D eigenvalue weighted by Crippen LogP contribution is -2.42. The quantitative estimate of drug-likeness (QED) is 0.856. The summed E-state index contributed by atoms with van der Waals surface area (Å²) in [7, 11) is 0. The lowest BCUT2D eigenvalue weighted by Gasteiger charge is -2.22. The molecule has 0 aliphatic heterocycles. The van der Waals surface area contributed by atoms with Gasteiger partial charge < -0.3 is 10.1 Å². The van der Waals surface area contributed by atoms with Crippen molar-refractivity contribution in [3.8, 4) is 0 Å². The summed E-state index contributed by atoms with van der Waals surface area (Å²) in [6, 6.07) is 3.18. The fourth-order valence-electron chi connectivity index (χ4n) is 1.37. The number of carbonyl (C=O) groups is 2. The summed E-state index contributed by atoms with van der Waals surface area (Å²) in [4.78, 5) is 23.6. The Bertz CT molecular complexity index is 526. The van der Waals surface area contributed by atoms with Gasteiger partial charge in [0.05, 0.1) is 4.47 Å². The van der Waals surface area contributed by atoms with Gasteiger partial charge in [0.15, 0.2) is 0 Å². The maximum atomic E-state index is 13.3. The van der Waals surface area contributed by atoms with Gasteiger partial charge in [0.2, 0.25) is 0 Å². The van der Waals surface area contributed by atoms with E-state index in [0.717, 1.165) is 6.07 Å². The molecule has 0 unspecified atom stereocenters. The van der Waals surface area contributed by atoms with E-state index in [4.69, 9.17) is 4.74 Å². The number of ether oxygens (including phenoxy) is 1. The van der Waals surface area contributed by atoms with E-state index < -0.39 is 29.3 Å². The van der Waals surface area contributed by atoms with Gasteiger partial charge in [-0.25, -0.2) is 9.18 Å². The zero-order valence-corrected chi connectivity index (χ0v) is 13.4. The minimum absolute atomic E-state index is 0.140. The van der Waals surface area contributed by atoms with Crippen LogP contribution in [0.5, 0.6) is 0 Å². The Morgan fingerprint density at radius 3 is 2.45 bits per heavy atom. The van der Waals surface area contributed by atoms with Crippen molar-refractivity contribution in [3.05, 3.63) is 34.1 Å². The fourth-order valence-corrected chi connectivity index (χ4v) is 1.61. The van der Waals surface area contributed by atoms with Crippen LogP contribution in [-0.2, 0) is 9.53 Å². The molecule has 1 amide bonds. The predicted octanol–water partition coefficient (Wildman–Crippen LogP) is 3.05. The molecule has 0 aromatic heterocycles. The van der Waals surface area contributed by atoms with Crippen molar-refractivity contribution in [2.24, 2.45) is 0 Å². The maximum absolute atomic E-state index is 13.3. The lowest BCUT2D eigenvalue weighted by molar-refractivity contribution is -0.156. The van der Waals surface area contributed by atoms with Crippen LogP contribution in [0.25, 0.3) is 0 Å². The highest BCUT2D eigenvalue weighted by Gasteiger charge is 2.23. The number of nitrogens with one attached hydrogen (secondary N) is 1. The summed E-state index contributed by atoms with van der Waals surface area (Å²) in [6.07, 6.45) is 0. The van der Waals surface area contributed by atoms with Crippen molar-refractivity contribution in [1.82, 2.24) is 5.32 Å². The summed E-state index contributed by atoms with van der Waals surface area (Å²) in [5.74, 6) is -1.61. The first-order valence-electron chi connectivity index (χ1n) is 6.09. The summed E-state index contributed by atoms with van der Waals surface area (Å²) in [5, 5.41) is 2.47. The average molecular weight is 346 g/mol. The standard InChI is InChI=1S/C14H17BrFNO3/c1-8(13(19)20-14(2,3)4)17-12(18)9-5-6-10(15)11(16)7-9/h5-8H,1-4H3,(H,17,18)/t8-/m0/s1. The van der Waals surface area contributed by atoms with Crippen LogP contribution in [0.4, 0.5) is 4.39 Å². The summed E-state index contributed by atoms with van der Waals surface area (Å²) >= 11 is 3.00. The first-order chi connectivity index (χ1) is 9.10. The Balaban J connectivity index is 2.70. The smallest absolute Gasteiger partial charge is 0.328 e. The SMILES string of the molecule is C[C@H](NC(=O)c1ccc(Br)c(F)c1)C(=O)OC(C)(C)C. The Labute approximate surface area is 125 Å². The maximum Gasteiger partial charge on any atom is 0.328 e.